The van der Waals surface area contributed by atoms with Crippen LogP contribution in [0, 0.1) is 11.7 Å². The SMILES string of the molecule is [N-]=[N+]=NCC1CC(=O)N(c2c(C(=O)O)cc(Cl)c(Br)c2F)C1. The number of carbonyl (C=O) groups is 2. The number of hydrogen-bond donors (Lipinski definition) is 1. The third kappa shape index (κ3) is 3.01. The summed E-state index contributed by atoms with van der Waals surface area (Å²) in [4.78, 5) is 27.0. The molecule has 22 heavy (non-hydrogen) atoms. The summed E-state index contributed by atoms with van der Waals surface area (Å²) < 4.78 is 14.3. The maximum absolute atomic E-state index is 14.4. The second-order valence-electron chi connectivity index (χ2n) is 4.68. The summed E-state index contributed by atoms with van der Waals surface area (Å²) in [6.45, 7) is 0.153. The van der Waals surface area contributed by atoms with Crippen molar-refractivity contribution in [3.8, 4) is 0 Å². The van der Waals surface area contributed by atoms with Crippen molar-refractivity contribution in [3.63, 3.8) is 0 Å². The lowest BCUT2D eigenvalue weighted by atomic mass is 10.1. The number of amides is 1. The molecule has 1 amide bonds. The maximum Gasteiger partial charge on any atom is 0.337 e. The van der Waals surface area contributed by atoms with Gasteiger partial charge in [0.2, 0.25) is 5.91 Å². The average Bonchev–Trinajstić information content (AvgIpc) is 2.82. The van der Waals surface area contributed by atoms with Crippen molar-refractivity contribution in [3.05, 3.63) is 37.4 Å². The Morgan fingerprint density at radius 2 is 2.36 bits per heavy atom. The van der Waals surface area contributed by atoms with E-state index in [0.29, 0.717) is 0 Å². The van der Waals surface area contributed by atoms with Gasteiger partial charge in [-0.1, -0.05) is 16.7 Å². The monoisotopic (exact) mass is 390 g/mol. The lowest BCUT2D eigenvalue weighted by Crippen LogP contribution is -2.28. The first-order chi connectivity index (χ1) is 10.4. The van der Waals surface area contributed by atoms with Crippen molar-refractivity contribution in [1.29, 1.82) is 0 Å². The van der Waals surface area contributed by atoms with E-state index in [0.717, 1.165) is 11.0 Å². The summed E-state index contributed by atoms with van der Waals surface area (Å²) in [5.41, 5.74) is 7.57. The molecule has 0 aliphatic carbocycles. The van der Waals surface area contributed by atoms with Gasteiger partial charge >= 0.3 is 5.97 Å². The Kier molecular flexibility index (Phi) is 4.90. The molecule has 0 spiro atoms. The summed E-state index contributed by atoms with van der Waals surface area (Å²) in [5, 5.41) is 12.5. The van der Waals surface area contributed by atoms with Crippen molar-refractivity contribution < 1.29 is 19.1 Å². The predicted octanol–water partition coefficient (Wildman–Crippen LogP) is 3.60. The smallest absolute Gasteiger partial charge is 0.337 e. The van der Waals surface area contributed by atoms with Gasteiger partial charge in [-0.15, -0.1) is 0 Å². The normalized spacial score (nSPS) is 17.5. The Balaban J connectivity index is 2.48. The van der Waals surface area contributed by atoms with Gasteiger partial charge < -0.3 is 10.0 Å². The van der Waals surface area contributed by atoms with E-state index in [9.17, 15) is 19.1 Å². The number of carbonyl (C=O) groups excluding carboxylic acids is 1. The molecule has 1 atom stereocenters. The number of halogens is 3. The third-order valence-corrected chi connectivity index (χ3v) is 4.55. The van der Waals surface area contributed by atoms with Crippen LogP contribution in [0.5, 0.6) is 0 Å². The van der Waals surface area contributed by atoms with Crippen molar-refractivity contribution >= 4 is 45.1 Å². The van der Waals surface area contributed by atoms with Crippen LogP contribution >= 0.6 is 27.5 Å². The zero-order chi connectivity index (χ0) is 16.4. The molecule has 1 aliphatic rings. The molecule has 1 heterocycles. The van der Waals surface area contributed by atoms with E-state index < -0.39 is 23.3 Å². The minimum atomic E-state index is -1.39. The first kappa shape index (κ1) is 16.5. The molecule has 0 aromatic heterocycles. The van der Waals surface area contributed by atoms with Crippen molar-refractivity contribution in [2.45, 2.75) is 6.42 Å². The minimum absolute atomic E-state index is 0.0533. The Morgan fingerprint density at radius 1 is 1.68 bits per heavy atom. The second kappa shape index (κ2) is 6.51. The summed E-state index contributed by atoms with van der Waals surface area (Å²) in [5.74, 6) is -3.04. The first-order valence-corrected chi connectivity index (χ1v) is 7.26. The molecule has 0 bridgehead atoms. The van der Waals surface area contributed by atoms with Crippen LogP contribution in [0.2, 0.25) is 5.02 Å². The van der Waals surface area contributed by atoms with Gasteiger partial charge in [-0.05, 0) is 33.4 Å². The highest BCUT2D eigenvalue weighted by atomic mass is 79.9. The minimum Gasteiger partial charge on any atom is -0.478 e. The van der Waals surface area contributed by atoms with Crippen molar-refractivity contribution in [2.24, 2.45) is 11.0 Å². The molecule has 1 fully saturated rings. The molecule has 1 aromatic rings. The molecule has 1 saturated heterocycles. The van der Waals surface area contributed by atoms with Crippen LogP contribution in [0.25, 0.3) is 10.4 Å². The Bertz CT molecular complexity index is 708. The fourth-order valence-corrected chi connectivity index (χ4v) is 2.78. The van der Waals surface area contributed by atoms with E-state index >= 15 is 0 Å². The zero-order valence-electron chi connectivity index (χ0n) is 11.0. The largest absolute Gasteiger partial charge is 0.478 e. The van der Waals surface area contributed by atoms with Crippen molar-refractivity contribution in [2.75, 3.05) is 18.0 Å². The maximum atomic E-state index is 14.4. The fraction of sp³-hybridized carbons (Fsp3) is 0.333. The summed E-state index contributed by atoms with van der Waals surface area (Å²) in [7, 11) is 0. The van der Waals surface area contributed by atoms with E-state index in [4.69, 9.17) is 17.1 Å². The van der Waals surface area contributed by atoms with E-state index in [1.165, 1.54) is 0 Å². The highest BCUT2D eigenvalue weighted by Gasteiger charge is 2.35. The number of hydrogen-bond acceptors (Lipinski definition) is 3. The summed E-state index contributed by atoms with van der Waals surface area (Å²) in [6, 6.07) is 1.08. The van der Waals surface area contributed by atoms with Gasteiger partial charge in [-0.3, -0.25) is 4.79 Å². The van der Waals surface area contributed by atoms with E-state index in [1.807, 2.05) is 0 Å². The topological polar surface area (TPSA) is 106 Å². The van der Waals surface area contributed by atoms with Crippen LogP contribution in [-0.2, 0) is 4.79 Å². The van der Waals surface area contributed by atoms with Gasteiger partial charge in [0.1, 0.15) is 0 Å². The van der Waals surface area contributed by atoms with Crippen LogP contribution in [0.3, 0.4) is 0 Å². The van der Waals surface area contributed by atoms with Crippen LogP contribution in [0.4, 0.5) is 10.1 Å². The molecule has 1 N–H and O–H groups in total. The quantitative estimate of drug-likeness (QED) is 0.367. The molecule has 116 valence electrons. The van der Waals surface area contributed by atoms with Gasteiger partial charge in [-0.2, -0.15) is 0 Å². The van der Waals surface area contributed by atoms with Gasteiger partial charge in [0.15, 0.2) is 5.82 Å². The van der Waals surface area contributed by atoms with Crippen LogP contribution in [-0.4, -0.2) is 30.1 Å². The number of nitrogens with zero attached hydrogens (tertiary/aromatic N) is 4. The fourth-order valence-electron chi connectivity index (χ4n) is 2.28. The van der Waals surface area contributed by atoms with Crippen LogP contribution in [0.1, 0.15) is 16.8 Å². The van der Waals surface area contributed by atoms with Crippen molar-refractivity contribution in [1.82, 2.24) is 0 Å². The Labute approximate surface area is 137 Å². The predicted molar refractivity (Wildman–Crippen MR) is 80.5 cm³/mol. The number of rotatable bonds is 4. The van der Waals surface area contributed by atoms with Gasteiger partial charge in [0, 0.05) is 24.4 Å². The summed E-state index contributed by atoms with van der Waals surface area (Å²) >= 11 is 8.70. The molecule has 10 heteroatoms. The van der Waals surface area contributed by atoms with E-state index in [1.54, 1.807) is 0 Å². The number of anilines is 1. The molecule has 0 radical (unpaired) electrons. The molecular formula is C12H9BrClFN4O3. The van der Waals surface area contributed by atoms with E-state index in [2.05, 4.69) is 26.0 Å². The van der Waals surface area contributed by atoms with Gasteiger partial charge in [0.05, 0.1) is 20.7 Å². The van der Waals surface area contributed by atoms with Crippen LogP contribution < -0.4 is 4.90 Å². The van der Waals surface area contributed by atoms with Gasteiger partial charge in [0.25, 0.3) is 0 Å². The van der Waals surface area contributed by atoms with Gasteiger partial charge in [-0.25, -0.2) is 9.18 Å². The summed E-state index contributed by atoms with van der Waals surface area (Å²) in [6.07, 6.45) is 0.0533. The molecule has 1 unspecified atom stereocenters. The molecule has 1 aliphatic heterocycles. The van der Waals surface area contributed by atoms with Crippen LogP contribution in [0.15, 0.2) is 15.7 Å². The number of aromatic carboxylic acids is 1. The standard InChI is InChI=1S/C12H9BrClFN4O3/c13-9-7(14)2-6(12(21)22)11(10(9)15)19-4-5(1-8(19)20)3-17-18-16/h2,5H,1,3-4H2,(H,21,22). The molecule has 1 aromatic carbocycles. The zero-order valence-corrected chi connectivity index (χ0v) is 13.3. The second-order valence-corrected chi connectivity index (χ2v) is 5.88. The number of carboxylic acid groups (broad SMARTS) is 1. The lowest BCUT2D eigenvalue weighted by Gasteiger charge is -2.20. The number of azide groups is 1. The lowest BCUT2D eigenvalue weighted by molar-refractivity contribution is -0.117. The highest BCUT2D eigenvalue weighted by molar-refractivity contribution is 9.10. The average molecular weight is 392 g/mol. The number of carboxylic acids is 1. The highest BCUT2D eigenvalue weighted by Crippen LogP contribution is 2.38. The Morgan fingerprint density at radius 3 is 2.95 bits per heavy atom. The number of benzene rings is 1. The molecule has 2 rings (SSSR count). The third-order valence-electron chi connectivity index (χ3n) is 3.25. The molecule has 7 nitrogen and oxygen atoms in total. The Hall–Kier alpha value is -1.83. The molecule has 0 saturated carbocycles. The van der Waals surface area contributed by atoms with E-state index in [-0.39, 0.29) is 40.6 Å². The first-order valence-electron chi connectivity index (χ1n) is 6.08. The molecular weight excluding hydrogens is 383 g/mol.